The molecule has 0 radical (unpaired) electrons. The van der Waals surface area contributed by atoms with Crippen LogP contribution < -0.4 is 10.6 Å². The highest BCUT2D eigenvalue weighted by atomic mass is 35.5. The number of aromatic nitrogens is 1. The van der Waals surface area contributed by atoms with Crippen molar-refractivity contribution >= 4 is 23.2 Å². The van der Waals surface area contributed by atoms with E-state index >= 15 is 0 Å². The molecule has 0 unspecified atom stereocenters. The van der Waals surface area contributed by atoms with Gasteiger partial charge in [0, 0.05) is 22.8 Å². The molecule has 1 aromatic carbocycles. The van der Waals surface area contributed by atoms with Gasteiger partial charge in [-0.05, 0) is 38.1 Å². The fourth-order valence-electron chi connectivity index (χ4n) is 1.79. The smallest absolute Gasteiger partial charge is 0.238 e. The molecule has 6 heteroatoms. The van der Waals surface area contributed by atoms with Crippen molar-refractivity contribution < 1.29 is 9.32 Å². The molecule has 0 bridgehead atoms. The largest absolute Gasteiger partial charge is 0.361 e. The molecular weight excluding hydrogens is 278 g/mol. The third-order valence-corrected chi connectivity index (χ3v) is 3.15. The molecule has 0 aliphatic rings. The zero-order chi connectivity index (χ0) is 14.5. The number of anilines is 1. The second-order valence-electron chi connectivity index (χ2n) is 4.46. The summed E-state index contributed by atoms with van der Waals surface area (Å²) in [6.45, 7) is 4.49. The number of nitrogens with zero attached hydrogens (tertiary/aromatic N) is 1. The Morgan fingerprint density at radius 1 is 1.30 bits per heavy atom. The van der Waals surface area contributed by atoms with Crippen molar-refractivity contribution in [2.75, 3.05) is 11.9 Å². The van der Waals surface area contributed by atoms with Gasteiger partial charge in [0.05, 0.1) is 12.2 Å². The monoisotopic (exact) mass is 293 g/mol. The first-order chi connectivity index (χ1) is 9.56. The lowest BCUT2D eigenvalue weighted by atomic mass is 10.2. The second-order valence-corrected chi connectivity index (χ2v) is 4.90. The average Bonchev–Trinajstić information content (AvgIpc) is 2.73. The first kappa shape index (κ1) is 14.6. The van der Waals surface area contributed by atoms with Crippen molar-refractivity contribution in [3.05, 3.63) is 46.3 Å². The fraction of sp³-hybridized carbons (Fsp3) is 0.286. The van der Waals surface area contributed by atoms with Gasteiger partial charge in [-0.2, -0.15) is 0 Å². The van der Waals surface area contributed by atoms with Crippen molar-refractivity contribution in [1.82, 2.24) is 10.5 Å². The van der Waals surface area contributed by atoms with Crippen molar-refractivity contribution in [3.8, 4) is 0 Å². The SMILES string of the molecule is Cc1noc(C)c1CNCC(=O)Nc1ccc(Cl)cc1. The van der Waals surface area contributed by atoms with E-state index in [9.17, 15) is 4.79 Å². The summed E-state index contributed by atoms with van der Waals surface area (Å²) in [7, 11) is 0. The van der Waals surface area contributed by atoms with Crippen molar-refractivity contribution in [2.24, 2.45) is 0 Å². The third kappa shape index (κ3) is 3.82. The van der Waals surface area contributed by atoms with Crippen molar-refractivity contribution in [2.45, 2.75) is 20.4 Å². The van der Waals surface area contributed by atoms with Gasteiger partial charge in [0.2, 0.25) is 5.91 Å². The molecule has 1 amide bonds. The molecule has 0 aliphatic carbocycles. The number of nitrogens with one attached hydrogen (secondary N) is 2. The van der Waals surface area contributed by atoms with Gasteiger partial charge in [-0.15, -0.1) is 0 Å². The predicted octanol–water partition coefficient (Wildman–Crippen LogP) is 2.67. The van der Waals surface area contributed by atoms with Gasteiger partial charge in [0.15, 0.2) is 0 Å². The molecule has 1 heterocycles. The first-order valence-electron chi connectivity index (χ1n) is 6.24. The van der Waals surface area contributed by atoms with E-state index in [2.05, 4.69) is 15.8 Å². The molecule has 5 nitrogen and oxygen atoms in total. The van der Waals surface area contributed by atoms with Gasteiger partial charge in [-0.25, -0.2) is 0 Å². The molecule has 2 aromatic rings. The van der Waals surface area contributed by atoms with Gasteiger partial charge in [-0.3, -0.25) is 4.79 Å². The molecule has 0 aliphatic heterocycles. The highest BCUT2D eigenvalue weighted by molar-refractivity contribution is 6.30. The molecule has 0 saturated carbocycles. The van der Waals surface area contributed by atoms with E-state index in [1.807, 2.05) is 13.8 Å². The maximum Gasteiger partial charge on any atom is 0.238 e. The van der Waals surface area contributed by atoms with E-state index in [0.717, 1.165) is 22.7 Å². The standard InChI is InChI=1S/C14H16ClN3O2/c1-9-13(10(2)20-18-9)7-16-8-14(19)17-12-5-3-11(15)4-6-12/h3-6,16H,7-8H2,1-2H3,(H,17,19). The normalized spacial score (nSPS) is 10.6. The van der Waals surface area contributed by atoms with E-state index < -0.39 is 0 Å². The molecule has 0 spiro atoms. The third-order valence-electron chi connectivity index (χ3n) is 2.90. The van der Waals surface area contributed by atoms with Crippen LogP contribution in [0.15, 0.2) is 28.8 Å². The van der Waals surface area contributed by atoms with Gasteiger partial charge >= 0.3 is 0 Å². The maximum absolute atomic E-state index is 11.8. The number of carbonyl (C=O) groups excluding carboxylic acids is 1. The van der Waals surface area contributed by atoms with Crippen molar-refractivity contribution in [1.29, 1.82) is 0 Å². The summed E-state index contributed by atoms with van der Waals surface area (Å²) in [5.41, 5.74) is 2.55. The predicted molar refractivity (Wildman–Crippen MR) is 77.8 cm³/mol. The minimum absolute atomic E-state index is 0.112. The van der Waals surface area contributed by atoms with Crippen LogP contribution in [0.3, 0.4) is 0 Å². The summed E-state index contributed by atoms with van der Waals surface area (Å²) in [4.78, 5) is 11.8. The molecule has 106 valence electrons. The summed E-state index contributed by atoms with van der Waals surface area (Å²) in [5, 5.41) is 10.3. The number of amides is 1. The van der Waals surface area contributed by atoms with Crippen LogP contribution in [0, 0.1) is 13.8 Å². The molecule has 2 N–H and O–H groups in total. The molecule has 1 aromatic heterocycles. The van der Waals surface area contributed by atoms with E-state index in [4.69, 9.17) is 16.1 Å². The quantitative estimate of drug-likeness (QED) is 0.889. The summed E-state index contributed by atoms with van der Waals surface area (Å²) in [6.07, 6.45) is 0. The Labute approximate surface area is 122 Å². The van der Waals surface area contributed by atoms with Crippen LogP contribution >= 0.6 is 11.6 Å². The van der Waals surface area contributed by atoms with E-state index in [-0.39, 0.29) is 12.5 Å². The molecule has 0 fully saturated rings. The number of rotatable bonds is 5. The van der Waals surface area contributed by atoms with E-state index in [0.29, 0.717) is 11.6 Å². The van der Waals surface area contributed by atoms with Crippen LogP contribution in [0.1, 0.15) is 17.0 Å². The Morgan fingerprint density at radius 2 is 2.00 bits per heavy atom. The molecular formula is C14H16ClN3O2. The van der Waals surface area contributed by atoms with Gasteiger partial charge in [-0.1, -0.05) is 16.8 Å². The number of carbonyl (C=O) groups is 1. The minimum Gasteiger partial charge on any atom is -0.361 e. The summed E-state index contributed by atoms with van der Waals surface area (Å²) >= 11 is 5.78. The lowest BCUT2D eigenvalue weighted by molar-refractivity contribution is -0.115. The van der Waals surface area contributed by atoms with Crippen LogP contribution in [0.5, 0.6) is 0 Å². The van der Waals surface area contributed by atoms with Crippen LogP contribution in [0.4, 0.5) is 5.69 Å². The number of benzene rings is 1. The Bertz CT molecular complexity index is 573. The van der Waals surface area contributed by atoms with Gasteiger partial charge < -0.3 is 15.2 Å². The summed E-state index contributed by atoms with van der Waals surface area (Å²) < 4.78 is 5.06. The zero-order valence-corrected chi connectivity index (χ0v) is 12.1. The van der Waals surface area contributed by atoms with Gasteiger partial charge in [0.25, 0.3) is 0 Å². The van der Waals surface area contributed by atoms with Crippen LogP contribution in [-0.4, -0.2) is 17.6 Å². The number of halogens is 1. The molecule has 0 atom stereocenters. The highest BCUT2D eigenvalue weighted by Crippen LogP contribution is 2.13. The highest BCUT2D eigenvalue weighted by Gasteiger charge is 2.09. The van der Waals surface area contributed by atoms with Gasteiger partial charge in [0.1, 0.15) is 5.76 Å². The van der Waals surface area contributed by atoms with E-state index in [1.54, 1.807) is 24.3 Å². The molecule has 20 heavy (non-hydrogen) atoms. The van der Waals surface area contributed by atoms with Crippen molar-refractivity contribution in [3.63, 3.8) is 0 Å². The molecule has 0 saturated heterocycles. The molecule has 2 rings (SSSR count). The lowest BCUT2D eigenvalue weighted by Crippen LogP contribution is -2.28. The Kier molecular flexibility index (Phi) is 4.76. The maximum atomic E-state index is 11.8. The number of hydrogen-bond acceptors (Lipinski definition) is 4. The second kappa shape index (κ2) is 6.54. The topological polar surface area (TPSA) is 67.2 Å². The number of hydrogen-bond donors (Lipinski definition) is 2. The Morgan fingerprint density at radius 3 is 2.60 bits per heavy atom. The minimum atomic E-state index is -0.112. The van der Waals surface area contributed by atoms with Crippen LogP contribution in [0.25, 0.3) is 0 Å². The summed E-state index contributed by atoms with van der Waals surface area (Å²) in [6, 6.07) is 6.98. The fourth-order valence-corrected chi connectivity index (χ4v) is 1.92. The average molecular weight is 294 g/mol. The Balaban J connectivity index is 1.79. The Hall–Kier alpha value is -1.85. The number of aryl methyl sites for hydroxylation is 2. The summed E-state index contributed by atoms with van der Waals surface area (Å²) in [5.74, 6) is 0.659. The first-order valence-corrected chi connectivity index (χ1v) is 6.62. The lowest BCUT2D eigenvalue weighted by Gasteiger charge is -2.06. The van der Waals surface area contributed by atoms with Crippen LogP contribution in [0.2, 0.25) is 5.02 Å². The van der Waals surface area contributed by atoms with Crippen LogP contribution in [-0.2, 0) is 11.3 Å². The van der Waals surface area contributed by atoms with E-state index in [1.165, 1.54) is 0 Å². The zero-order valence-electron chi connectivity index (χ0n) is 11.4.